The molecule has 2 saturated heterocycles. The summed E-state index contributed by atoms with van der Waals surface area (Å²) in [7, 11) is 0. The van der Waals surface area contributed by atoms with E-state index in [0.717, 1.165) is 32.4 Å². The van der Waals surface area contributed by atoms with Crippen molar-refractivity contribution in [1.82, 2.24) is 14.2 Å². The maximum Gasteiger partial charge on any atom is 0.265 e. The van der Waals surface area contributed by atoms with Gasteiger partial charge in [0.2, 0.25) is 5.91 Å². The third-order valence-corrected chi connectivity index (χ3v) is 6.14. The molecule has 2 fully saturated rings. The summed E-state index contributed by atoms with van der Waals surface area (Å²) in [6.45, 7) is 2.76. The highest BCUT2D eigenvalue weighted by atomic mass is 32.1. The number of carbonyl (C=O) groups is 2. The van der Waals surface area contributed by atoms with E-state index in [2.05, 4.69) is 16.5 Å². The lowest BCUT2D eigenvalue weighted by atomic mass is 9.85. The van der Waals surface area contributed by atoms with Crippen LogP contribution >= 0.6 is 11.5 Å². The van der Waals surface area contributed by atoms with Crippen molar-refractivity contribution in [1.29, 1.82) is 0 Å². The zero-order valence-corrected chi connectivity index (χ0v) is 14.9. The molecular formula is C19H21N3O2S. The SMILES string of the molecule is O=C(c1ccns1)N1CCC2(CCN(CCc3ccccc3)C2=O)C1. The molecular weight excluding hydrogens is 334 g/mol. The predicted octanol–water partition coefficient (Wildman–Crippen LogP) is 2.45. The fourth-order valence-electron chi connectivity index (χ4n) is 3.92. The van der Waals surface area contributed by atoms with Gasteiger partial charge in [0.15, 0.2) is 0 Å². The van der Waals surface area contributed by atoms with Gasteiger partial charge < -0.3 is 9.80 Å². The van der Waals surface area contributed by atoms with Crippen LogP contribution in [0.5, 0.6) is 0 Å². The summed E-state index contributed by atoms with van der Waals surface area (Å²) in [5.41, 5.74) is 0.890. The Labute approximate surface area is 151 Å². The zero-order valence-electron chi connectivity index (χ0n) is 14.1. The van der Waals surface area contributed by atoms with Crippen LogP contribution in [0.3, 0.4) is 0 Å². The minimum absolute atomic E-state index is 0.00918. The van der Waals surface area contributed by atoms with Crippen molar-refractivity contribution >= 4 is 23.3 Å². The Hall–Kier alpha value is -2.21. The molecule has 0 radical (unpaired) electrons. The van der Waals surface area contributed by atoms with Gasteiger partial charge in [-0.15, -0.1) is 0 Å². The minimum Gasteiger partial charge on any atom is -0.342 e. The smallest absolute Gasteiger partial charge is 0.265 e. The molecule has 130 valence electrons. The van der Waals surface area contributed by atoms with Gasteiger partial charge in [0.1, 0.15) is 4.88 Å². The highest BCUT2D eigenvalue weighted by Gasteiger charge is 2.51. The van der Waals surface area contributed by atoms with E-state index in [4.69, 9.17) is 0 Å². The summed E-state index contributed by atoms with van der Waals surface area (Å²) in [5, 5.41) is 0. The van der Waals surface area contributed by atoms with Crippen LogP contribution in [0, 0.1) is 5.41 Å². The first-order chi connectivity index (χ1) is 12.2. The van der Waals surface area contributed by atoms with Crippen LogP contribution < -0.4 is 0 Å². The Bertz CT molecular complexity index is 762. The second-order valence-corrected chi connectivity index (χ2v) is 7.74. The average molecular weight is 355 g/mol. The molecule has 1 aromatic carbocycles. The highest BCUT2D eigenvalue weighted by Crippen LogP contribution is 2.41. The Morgan fingerprint density at radius 3 is 2.72 bits per heavy atom. The summed E-state index contributed by atoms with van der Waals surface area (Å²) in [4.78, 5) is 30.0. The first-order valence-corrected chi connectivity index (χ1v) is 9.49. The van der Waals surface area contributed by atoms with E-state index < -0.39 is 0 Å². The molecule has 5 nitrogen and oxygen atoms in total. The van der Waals surface area contributed by atoms with Gasteiger partial charge in [-0.25, -0.2) is 4.37 Å². The molecule has 1 spiro atoms. The number of aromatic nitrogens is 1. The third-order valence-electron chi connectivity index (χ3n) is 5.40. The van der Waals surface area contributed by atoms with Crippen molar-refractivity contribution < 1.29 is 9.59 Å². The lowest BCUT2D eigenvalue weighted by Gasteiger charge is -2.23. The van der Waals surface area contributed by atoms with Gasteiger partial charge in [-0.2, -0.15) is 0 Å². The molecule has 3 heterocycles. The predicted molar refractivity (Wildman–Crippen MR) is 96.4 cm³/mol. The van der Waals surface area contributed by atoms with Crippen molar-refractivity contribution in [2.24, 2.45) is 5.41 Å². The van der Waals surface area contributed by atoms with E-state index in [1.807, 2.05) is 28.0 Å². The Morgan fingerprint density at radius 2 is 1.96 bits per heavy atom. The Balaban J connectivity index is 1.39. The number of hydrogen-bond donors (Lipinski definition) is 0. The van der Waals surface area contributed by atoms with Crippen molar-refractivity contribution in [3.05, 3.63) is 53.0 Å². The van der Waals surface area contributed by atoms with Gasteiger partial charge in [-0.1, -0.05) is 30.3 Å². The molecule has 2 aromatic rings. The van der Waals surface area contributed by atoms with Gasteiger partial charge >= 0.3 is 0 Å². The molecule has 25 heavy (non-hydrogen) atoms. The van der Waals surface area contributed by atoms with E-state index in [1.165, 1.54) is 17.1 Å². The zero-order chi connectivity index (χ0) is 17.3. The molecule has 1 aromatic heterocycles. The van der Waals surface area contributed by atoms with Crippen LogP contribution in [-0.4, -0.2) is 52.2 Å². The van der Waals surface area contributed by atoms with Gasteiger partial charge in [0.05, 0.1) is 5.41 Å². The molecule has 4 rings (SSSR count). The second kappa shape index (κ2) is 6.59. The number of nitrogens with zero attached hydrogens (tertiary/aromatic N) is 3. The number of amides is 2. The molecule has 2 amide bonds. The van der Waals surface area contributed by atoms with Crippen LogP contribution in [0.15, 0.2) is 42.6 Å². The summed E-state index contributed by atoms with van der Waals surface area (Å²) < 4.78 is 4.00. The number of hydrogen-bond acceptors (Lipinski definition) is 4. The first-order valence-electron chi connectivity index (χ1n) is 8.71. The van der Waals surface area contributed by atoms with E-state index in [1.54, 1.807) is 12.3 Å². The maximum absolute atomic E-state index is 13.0. The maximum atomic E-state index is 13.0. The molecule has 0 N–H and O–H groups in total. The summed E-state index contributed by atoms with van der Waals surface area (Å²) in [5.74, 6) is 0.234. The molecule has 2 aliphatic rings. The lowest BCUT2D eigenvalue weighted by molar-refractivity contribution is -0.135. The number of rotatable bonds is 4. The number of likely N-dealkylation sites (tertiary alicyclic amines) is 2. The minimum atomic E-state index is -0.364. The van der Waals surface area contributed by atoms with Crippen LogP contribution in [-0.2, 0) is 11.2 Å². The summed E-state index contributed by atoms with van der Waals surface area (Å²) in [6, 6.07) is 12.0. The van der Waals surface area contributed by atoms with Crippen LogP contribution in [0.2, 0.25) is 0 Å². The molecule has 1 atom stereocenters. The summed E-state index contributed by atoms with van der Waals surface area (Å²) in [6.07, 6.45) is 4.16. The quantitative estimate of drug-likeness (QED) is 0.846. The fourth-order valence-corrected chi connectivity index (χ4v) is 4.49. The van der Waals surface area contributed by atoms with Gasteiger partial charge in [-0.3, -0.25) is 9.59 Å². The lowest BCUT2D eigenvalue weighted by Crippen LogP contribution is -2.38. The van der Waals surface area contributed by atoms with E-state index in [0.29, 0.717) is 18.0 Å². The molecule has 6 heteroatoms. The molecule has 0 bridgehead atoms. The highest BCUT2D eigenvalue weighted by molar-refractivity contribution is 7.08. The topological polar surface area (TPSA) is 53.5 Å². The van der Waals surface area contributed by atoms with Crippen LogP contribution in [0.1, 0.15) is 28.1 Å². The average Bonchev–Trinajstić information content (AvgIpc) is 3.38. The summed E-state index contributed by atoms with van der Waals surface area (Å²) >= 11 is 1.22. The molecule has 1 unspecified atom stereocenters. The molecule has 2 aliphatic heterocycles. The van der Waals surface area contributed by atoms with E-state index in [9.17, 15) is 9.59 Å². The Kier molecular flexibility index (Phi) is 4.29. The van der Waals surface area contributed by atoms with E-state index >= 15 is 0 Å². The van der Waals surface area contributed by atoms with Gasteiger partial charge in [-0.05, 0) is 42.4 Å². The van der Waals surface area contributed by atoms with Crippen molar-refractivity contribution in [3.63, 3.8) is 0 Å². The first kappa shape index (κ1) is 16.3. The Morgan fingerprint density at radius 1 is 1.16 bits per heavy atom. The number of benzene rings is 1. The third kappa shape index (κ3) is 3.06. The number of carbonyl (C=O) groups excluding carboxylic acids is 2. The van der Waals surface area contributed by atoms with Crippen molar-refractivity contribution in [2.75, 3.05) is 26.2 Å². The largest absolute Gasteiger partial charge is 0.342 e. The monoisotopic (exact) mass is 355 g/mol. The van der Waals surface area contributed by atoms with Gasteiger partial charge in [0.25, 0.3) is 5.91 Å². The normalized spacial score (nSPS) is 23.0. The van der Waals surface area contributed by atoms with Gasteiger partial charge in [0, 0.05) is 32.4 Å². The van der Waals surface area contributed by atoms with Crippen LogP contribution in [0.4, 0.5) is 0 Å². The second-order valence-electron chi connectivity index (χ2n) is 6.91. The van der Waals surface area contributed by atoms with E-state index in [-0.39, 0.29) is 17.2 Å². The van der Waals surface area contributed by atoms with Crippen molar-refractivity contribution in [3.8, 4) is 0 Å². The van der Waals surface area contributed by atoms with Crippen molar-refractivity contribution in [2.45, 2.75) is 19.3 Å². The standard InChI is InChI=1S/C19H21N3O2S/c23-17(16-6-10-20-25-16)22-13-9-19(14-22)8-12-21(18(19)24)11-7-15-4-2-1-3-5-15/h1-6,10H,7-9,11-14H2. The van der Waals surface area contributed by atoms with Crippen LogP contribution in [0.25, 0.3) is 0 Å². The molecule has 0 aliphatic carbocycles. The molecule has 0 saturated carbocycles. The fraction of sp³-hybridized carbons (Fsp3) is 0.421.